The fraction of sp³-hybridized carbons (Fsp3) is 0.462. The Morgan fingerprint density at radius 2 is 1.76 bits per heavy atom. The summed E-state index contributed by atoms with van der Waals surface area (Å²) in [4.78, 5) is 28.2. The molecule has 2 heterocycles. The first kappa shape index (κ1) is 27.0. The van der Waals surface area contributed by atoms with Crippen molar-refractivity contribution in [2.45, 2.75) is 44.8 Å². The van der Waals surface area contributed by atoms with E-state index in [1.807, 2.05) is 6.07 Å². The van der Waals surface area contributed by atoms with Crippen LogP contribution in [-0.4, -0.2) is 61.7 Å². The average Bonchev–Trinajstić information content (AvgIpc) is 3.31. The van der Waals surface area contributed by atoms with Gasteiger partial charge in [0, 0.05) is 57.3 Å². The van der Waals surface area contributed by atoms with Gasteiger partial charge in [-0.05, 0) is 54.3 Å². The summed E-state index contributed by atoms with van der Waals surface area (Å²) >= 11 is 0. The number of carbonyl (C=O) groups is 2. The monoisotopic (exact) mass is 538 g/mol. The molecular weight excluding hydrogens is 509 g/mol. The molecule has 1 saturated heterocycles. The summed E-state index contributed by atoms with van der Waals surface area (Å²) < 4.78 is 68.1. The van der Waals surface area contributed by atoms with Crippen molar-refractivity contribution in [1.82, 2.24) is 9.80 Å². The molecule has 4 rings (SSSR count). The molecule has 7 nitrogen and oxygen atoms in total. The minimum absolute atomic E-state index is 0.0462. The van der Waals surface area contributed by atoms with Gasteiger partial charge in [0.15, 0.2) is 0 Å². The minimum atomic E-state index is -4.46. The van der Waals surface area contributed by atoms with Crippen molar-refractivity contribution in [2.75, 3.05) is 31.6 Å². The lowest BCUT2D eigenvalue weighted by Crippen LogP contribution is -2.37. The quantitative estimate of drug-likeness (QED) is 0.552. The van der Waals surface area contributed by atoms with Crippen molar-refractivity contribution in [3.63, 3.8) is 0 Å². The lowest BCUT2D eigenvalue weighted by atomic mass is 9.86. The minimum Gasteiger partial charge on any atom is -0.457 e. The number of amides is 2. The van der Waals surface area contributed by atoms with Gasteiger partial charge >= 0.3 is 6.18 Å². The zero-order valence-corrected chi connectivity index (χ0v) is 21.5. The molecule has 200 valence electrons. The molecule has 2 aromatic carbocycles. The molecule has 37 heavy (non-hydrogen) atoms. The Labute approximate surface area is 214 Å². The summed E-state index contributed by atoms with van der Waals surface area (Å²) in [5, 5.41) is 0. The van der Waals surface area contributed by atoms with Crippen LogP contribution in [0.15, 0.2) is 36.4 Å². The molecule has 0 aromatic heterocycles. The van der Waals surface area contributed by atoms with Crippen molar-refractivity contribution < 1.29 is 35.9 Å². The van der Waals surface area contributed by atoms with Gasteiger partial charge in [-0.15, -0.1) is 0 Å². The van der Waals surface area contributed by atoms with E-state index in [4.69, 9.17) is 4.74 Å². The highest BCUT2D eigenvalue weighted by Crippen LogP contribution is 2.42. The van der Waals surface area contributed by atoms with E-state index in [1.54, 1.807) is 15.9 Å². The molecule has 11 heteroatoms. The number of carbonyl (C=O) groups excluding carboxylic acids is 2. The van der Waals surface area contributed by atoms with Crippen LogP contribution in [0.1, 0.15) is 47.9 Å². The van der Waals surface area contributed by atoms with Crippen LogP contribution in [0.3, 0.4) is 0 Å². The number of fused-ring (bicyclic) bond motifs is 1. The first-order valence-corrected chi connectivity index (χ1v) is 14.1. The largest absolute Gasteiger partial charge is 0.457 e. The Balaban J connectivity index is 1.66. The van der Waals surface area contributed by atoms with E-state index >= 15 is 0 Å². The predicted molar refractivity (Wildman–Crippen MR) is 131 cm³/mol. The fourth-order valence-electron chi connectivity index (χ4n) is 4.94. The summed E-state index contributed by atoms with van der Waals surface area (Å²) in [5.41, 5.74) is 1.98. The van der Waals surface area contributed by atoms with Gasteiger partial charge in [-0.3, -0.25) is 9.59 Å². The molecule has 1 unspecified atom stereocenters. The smallest absolute Gasteiger partial charge is 0.416 e. The normalized spacial score (nSPS) is 18.0. The first-order valence-electron chi connectivity index (χ1n) is 12.0. The number of hydrogen-bond donors (Lipinski definition) is 0. The molecule has 0 aliphatic carbocycles. The molecule has 0 radical (unpaired) electrons. The van der Waals surface area contributed by atoms with Crippen LogP contribution >= 0.6 is 0 Å². The van der Waals surface area contributed by atoms with E-state index < -0.39 is 21.6 Å². The maximum Gasteiger partial charge on any atom is 0.416 e. The number of alkyl halides is 3. The van der Waals surface area contributed by atoms with Crippen LogP contribution in [0.2, 0.25) is 0 Å². The standard InChI is InChI=1S/C26H29F3N2O5S/c1-17(32)30-12-10-19(15-30)25-22-16-31(24(33)11-14-37(2,34)35)13-9-18(22)3-8-23(25)36-21-6-4-20(5-7-21)26(27,28)29/h3-8,19H,9-16H2,1-2H3. The third-order valence-electron chi connectivity index (χ3n) is 6.90. The average molecular weight is 539 g/mol. The second-order valence-electron chi connectivity index (χ2n) is 9.64. The van der Waals surface area contributed by atoms with Crippen LogP contribution in [0.4, 0.5) is 13.2 Å². The van der Waals surface area contributed by atoms with E-state index in [-0.39, 0.29) is 42.2 Å². The molecule has 0 bridgehead atoms. The Bertz CT molecular complexity index is 1290. The van der Waals surface area contributed by atoms with Gasteiger partial charge in [0.05, 0.1) is 11.3 Å². The van der Waals surface area contributed by atoms with Gasteiger partial charge in [0.1, 0.15) is 21.3 Å². The van der Waals surface area contributed by atoms with Crippen LogP contribution in [-0.2, 0) is 38.6 Å². The third kappa shape index (κ3) is 6.44. The van der Waals surface area contributed by atoms with E-state index in [0.29, 0.717) is 38.2 Å². The van der Waals surface area contributed by atoms with E-state index in [1.165, 1.54) is 19.1 Å². The number of halogens is 3. The van der Waals surface area contributed by atoms with Crippen molar-refractivity contribution in [2.24, 2.45) is 0 Å². The highest BCUT2D eigenvalue weighted by Gasteiger charge is 2.34. The molecule has 1 fully saturated rings. The molecule has 2 aliphatic heterocycles. The molecule has 0 N–H and O–H groups in total. The molecule has 0 saturated carbocycles. The maximum atomic E-state index is 13.0. The summed E-state index contributed by atoms with van der Waals surface area (Å²) in [6.07, 6.45) is -2.21. The number of ether oxygens (including phenoxy) is 1. The topological polar surface area (TPSA) is 84.0 Å². The van der Waals surface area contributed by atoms with Crippen molar-refractivity contribution >= 4 is 21.7 Å². The van der Waals surface area contributed by atoms with E-state index in [0.717, 1.165) is 35.1 Å². The molecule has 2 aliphatic rings. The lowest BCUT2D eigenvalue weighted by Gasteiger charge is -2.32. The molecule has 0 spiro atoms. The van der Waals surface area contributed by atoms with Crippen molar-refractivity contribution in [3.8, 4) is 11.5 Å². The highest BCUT2D eigenvalue weighted by molar-refractivity contribution is 7.90. The van der Waals surface area contributed by atoms with Gasteiger partial charge in [0.25, 0.3) is 0 Å². The second kappa shape index (κ2) is 10.4. The van der Waals surface area contributed by atoms with Crippen molar-refractivity contribution in [3.05, 3.63) is 58.7 Å². The number of sulfone groups is 1. The van der Waals surface area contributed by atoms with Gasteiger partial charge in [-0.2, -0.15) is 13.2 Å². The summed E-state index contributed by atoms with van der Waals surface area (Å²) in [6.45, 7) is 3.27. The van der Waals surface area contributed by atoms with Crippen LogP contribution in [0, 0.1) is 0 Å². The number of benzene rings is 2. The highest BCUT2D eigenvalue weighted by atomic mass is 32.2. The SMILES string of the molecule is CC(=O)N1CCC(c2c(Oc3ccc(C(F)(F)F)cc3)ccc3c2CN(C(=O)CCS(C)(=O)=O)CC3)C1. The van der Waals surface area contributed by atoms with Gasteiger partial charge in [-0.25, -0.2) is 8.42 Å². The van der Waals surface area contributed by atoms with Gasteiger partial charge in [0.2, 0.25) is 11.8 Å². The zero-order valence-electron chi connectivity index (χ0n) is 20.7. The number of hydrogen-bond acceptors (Lipinski definition) is 5. The fourth-order valence-corrected chi connectivity index (χ4v) is 5.48. The van der Waals surface area contributed by atoms with Gasteiger partial charge < -0.3 is 14.5 Å². The maximum absolute atomic E-state index is 13.0. The molecule has 2 amide bonds. The zero-order chi connectivity index (χ0) is 27.0. The van der Waals surface area contributed by atoms with E-state index in [9.17, 15) is 31.2 Å². The Morgan fingerprint density at radius 3 is 2.35 bits per heavy atom. The number of nitrogens with zero attached hydrogens (tertiary/aromatic N) is 2. The summed E-state index contributed by atoms with van der Waals surface area (Å²) in [5.74, 6) is 0.110. The van der Waals surface area contributed by atoms with Gasteiger partial charge in [-0.1, -0.05) is 6.07 Å². The van der Waals surface area contributed by atoms with Crippen LogP contribution < -0.4 is 4.74 Å². The molecule has 1 atom stereocenters. The summed E-state index contributed by atoms with van der Waals surface area (Å²) in [6, 6.07) is 8.15. The van der Waals surface area contributed by atoms with Crippen LogP contribution in [0.25, 0.3) is 0 Å². The van der Waals surface area contributed by atoms with Crippen LogP contribution in [0.5, 0.6) is 11.5 Å². The Hall–Kier alpha value is -3.08. The molecule has 2 aromatic rings. The Morgan fingerprint density at radius 1 is 1.05 bits per heavy atom. The Kier molecular flexibility index (Phi) is 7.55. The lowest BCUT2D eigenvalue weighted by molar-refractivity contribution is -0.137. The predicted octanol–water partition coefficient (Wildman–Crippen LogP) is 4.15. The number of rotatable bonds is 6. The van der Waals surface area contributed by atoms with E-state index in [2.05, 4.69) is 0 Å². The molecular formula is C26H29F3N2O5S. The first-order chi connectivity index (χ1) is 17.3. The summed E-state index contributed by atoms with van der Waals surface area (Å²) in [7, 11) is -3.28. The second-order valence-corrected chi connectivity index (χ2v) is 11.9. The number of likely N-dealkylation sites (tertiary alicyclic amines) is 1. The van der Waals surface area contributed by atoms with Crippen molar-refractivity contribution in [1.29, 1.82) is 0 Å². The third-order valence-corrected chi connectivity index (χ3v) is 7.85.